The third-order valence-electron chi connectivity index (χ3n) is 3.47. The van der Waals surface area contributed by atoms with Crippen LogP contribution in [0.5, 0.6) is 5.75 Å². The van der Waals surface area contributed by atoms with Gasteiger partial charge in [-0.1, -0.05) is 30.0 Å². The molecule has 0 aliphatic rings. The zero-order valence-electron chi connectivity index (χ0n) is 13.3. The maximum Gasteiger partial charge on any atom is 0.253 e. The second kappa shape index (κ2) is 8.32. The summed E-state index contributed by atoms with van der Waals surface area (Å²) < 4.78 is 6.35. The summed E-state index contributed by atoms with van der Waals surface area (Å²) in [4.78, 5) is 16.3. The van der Waals surface area contributed by atoms with E-state index in [1.807, 2.05) is 48.5 Å². The number of halogens is 1. The summed E-state index contributed by atoms with van der Waals surface area (Å²) in [5, 5.41) is 3.82. The number of carbonyl (C=O) groups is 1. The van der Waals surface area contributed by atoms with Gasteiger partial charge in [0.2, 0.25) is 0 Å². The van der Waals surface area contributed by atoms with Crippen LogP contribution in [-0.2, 0) is 0 Å². The fourth-order valence-corrected chi connectivity index (χ4v) is 2.70. The van der Waals surface area contributed by atoms with Gasteiger partial charge in [-0.05, 0) is 46.3 Å². The van der Waals surface area contributed by atoms with Gasteiger partial charge in [0.15, 0.2) is 0 Å². The molecule has 0 aliphatic carbocycles. The molecule has 0 saturated heterocycles. The Hall–Kier alpha value is -2.84. The van der Waals surface area contributed by atoms with Crippen molar-refractivity contribution < 1.29 is 9.53 Å². The predicted octanol–water partition coefficient (Wildman–Crippen LogP) is 3.81. The summed E-state index contributed by atoms with van der Waals surface area (Å²) >= 11 is 3.35. The van der Waals surface area contributed by atoms with E-state index in [1.54, 1.807) is 12.3 Å². The van der Waals surface area contributed by atoms with Crippen molar-refractivity contribution in [3.63, 3.8) is 0 Å². The summed E-state index contributed by atoms with van der Waals surface area (Å²) in [5.41, 5.74) is 1.47. The van der Waals surface area contributed by atoms with E-state index in [9.17, 15) is 4.79 Å². The molecule has 0 radical (unpaired) electrons. The SMILES string of the molecule is O=C(NCC#CCOc1ccc2cccnc2c1)c1ccccc1Br. The van der Waals surface area contributed by atoms with Gasteiger partial charge in [0, 0.05) is 22.1 Å². The molecule has 0 bridgehead atoms. The molecule has 3 aromatic rings. The lowest BCUT2D eigenvalue weighted by atomic mass is 10.2. The summed E-state index contributed by atoms with van der Waals surface area (Å²) in [6.07, 6.45) is 1.75. The molecule has 0 unspecified atom stereocenters. The molecule has 4 nitrogen and oxygen atoms in total. The Balaban J connectivity index is 1.48. The number of hydrogen-bond donors (Lipinski definition) is 1. The minimum Gasteiger partial charge on any atom is -0.481 e. The van der Waals surface area contributed by atoms with Gasteiger partial charge in [-0.2, -0.15) is 0 Å². The van der Waals surface area contributed by atoms with E-state index in [0.717, 1.165) is 21.1 Å². The number of nitrogens with zero attached hydrogens (tertiary/aromatic N) is 1. The normalized spacial score (nSPS) is 9.96. The molecule has 25 heavy (non-hydrogen) atoms. The highest BCUT2D eigenvalue weighted by Crippen LogP contribution is 2.18. The van der Waals surface area contributed by atoms with E-state index in [0.29, 0.717) is 5.56 Å². The van der Waals surface area contributed by atoms with Gasteiger partial charge < -0.3 is 10.1 Å². The zero-order valence-corrected chi connectivity index (χ0v) is 14.9. The van der Waals surface area contributed by atoms with Gasteiger partial charge in [0.1, 0.15) is 12.4 Å². The van der Waals surface area contributed by atoms with Gasteiger partial charge in [0.25, 0.3) is 5.91 Å². The summed E-state index contributed by atoms with van der Waals surface area (Å²) in [5.74, 6) is 6.32. The van der Waals surface area contributed by atoms with Crippen LogP contribution in [0, 0.1) is 11.8 Å². The minimum absolute atomic E-state index is 0.164. The van der Waals surface area contributed by atoms with Gasteiger partial charge in [-0.25, -0.2) is 0 Å². The van der Waals surface area contributed by atoms with E-state index in [-0.39, 0.29) is 19.1 Å². The molecule has 2 aromatic carbocycles. The van der Waals surface area contributed by atoms with Crippen molar-refractivity contribution in [2.45, 2.75) is 0 Å². The van der Waals surface area contributed by atoms with Crippen LogP contribution < -0.4 is 10.1 Å². The third kappa shape index (κ3) is 4.59. The van der Waals surface area contributed by atoms with E-state index in [4.69, 9.17) is 4.74 Å². The number of benzene rings is 2. The topological polar surface area (TPSA) is 51.2 Å². The number of rotatable bonds is 4. The second-order valence-electron chi connectivity index (χ2n) is 5.16. The average molecular weight is 395 g/mol. The van der Waals surface area contributed by atoms with Crippen molar-refractivity contribution in [3.05, 3.63) is 70.8 Å². The maximum atomic E-state index is 12.0. The van der Waals surface area contributed by atoms with Crippen LogP contribution in [0.25, 0.3) is 10.9 Å². The average Bonchev–Trinajstić information content (AvgIpc) is 2.64. The van der Waals surface area contributed by atoms with E-state index in [2.05, 4.69) is 38.1 Å². The molecule has 3 rings (SSSR count). The van der Waals surface area contributed by atoms with Crippen molar-refractivity contribution in [3.8, 4) is 17.6 Å². The largest absolute Gasteiger partial charge is 0.481 e. The predicted molar refractivity (Wildman–Crippen MR) is 101 cm³/mol. The Kier molecular flexibility index (Phi) is 5.65. The quantitative estimate of drug-likeness (QED) is 0.684. The summed E-state index contributed by atoms with van der Waals surface area (Å²) in [6.45, 7) is 0.520. The Morgan fingerprint density at radius 3 is 2.88 bits per heavy atom. The molecule has 0 aliphatic heterocycles. The van der Waals surface area contributed by atoms with E-state index < -0.39 is 0 Å². The highest BCUT2D eigenvalue weighted by atomic mass is 79.9. The lowest BCUT2D eigenvalue weighted by Crippen LogP contribution is -2.23. The van der Waals surface area contributed by atoms with Crippen molar-refractivity contribution in [2.75, 3.05) is 13.2 Å². The number of amides is 1. The fourth-order valence-electron chi connectivity index (χ4n) is 2.23. The highest BCUT2D eigenvalue weighted by molar-refractivity contribution is 9.10. The van der Waals surface area contributed by atoms with Crippen LogP contribution in [0.15, 0.2) is 65.3 Å². The van der Waals surface area contributed by atoms with Crippen LogP contribution in [0.1, 0.15) is 10.4 Å². The lowest BCUT2D eigenvalue weighted by Gasteiger charge is -2.04. The minimum atomic E-state index is -0.164. The lowest BCUT2D eigenvalue weighted by molar-refractivity contribution is 0.0958. The number of ether oxygens (including phenoxy) is 1. The van der Waals surface area contributed by atoms with E-state index >= 15 is 0 Å². The van der Waals surface area contributed by atoms with Crippen LogP contribution in [-0.4, -0.2) is 24.0 Å². The number of pyridine rings is 1. The molecule has 0 atom stereocenters. The Morgan fingerprint density at radius 2 is 2.00 bits per heavy atom. The third-order valence-corrected chi connectivity index (χ3v) is 4.16. The van der Waals surface area contributed by atoms with Crippen molar-refractivity contribution in [1.29, 1.82) is 0 Å². The zero-order chi connectivity index (χ0) is 17.5. The van der Waals surface area contributed by atoms with Crippen molar-refractivity contribution in [2.24, 2.45) is 0 Å². The maximum absolute atomic E-state index is 12.0. The molecule has 124 valence electrons. The number of hydrogen-bond acceptors (Lipinski definition) is 3. The van der Waals surface area contributed by atoms with Crippen molar-refractivity contribution >= 4 is 32.7 Å². The van der Waals surface area contributed by atoms with Gasteiger partial charge in [0.05, 0.1) is 17.6 Å². The van der Waals surface area contributed by atoms with Gasteiger partial charge in [-0.15, -0.1) is 0 Å². The van der Waals surface area contributed by atoms with Crippen LogP contribution >= 0.6 is 15.9 Å². The van der Waals surface area contributed by atoms with Crippen LogP contribution in [0.2, 0.25) is 0 Å². The second-order valence-corrected chi connectivity index (χ2v) is 6.02. The summed E-state index contributed by atoms with van der Waals surface area (Å²) in [7, 11) is 0. The van der Waals surface area contributed by atoms with Crippen LogP contribution in [0.4, 0.5) is 0 Å². The summed E-state index contributed by atoms with van der Waals surface area (Å²) in [6, 6.07) is 16.9. The molecule has 1 amide bonds. The number of carbonyl (C=O) groups excluding carboxylic acids is 1. The molecule has 0 saturated carbocycles. The first kappa shape index (κ1) is 17.0. The van der Waals surface area contributed by atoms with Crippen LogP contribution in [0.3, 0.4) is 0 Å². The fraction of sp³-hybridized carbons (Fsp3) is 0.100. The number of fused-ring (bicyclic) bond motifs is 1. The molecule has 0 fully saturated rings. The first-order valence-corrected chi connectivity index (χ1v) is 8.49. The molecule has 1 aromatic heterocycles. The molecule has 1 N–H and O–H groups in total. The highest BCUT2D eigenvalue weighted by Gasteiger charge is 2.07. The van der Waals surface area contributed by atoms with Gasteiger partial charge >= 0.3 is 0 Å². The number of aromatic nitrogens is 1. The Morgan fingerprint density at radius 1 is 1.12 bits per heavy atom. The van der Waals surface area contributed by atoms with Gasteiger partial charge in [-0.3, -0.25) is 9.78 Å². The first-order valence-electron chi connectivity index (χ1n) is 7.70. The Labute approximate surface area is 154 Å². The molecular weight excluding hydrogens is 380 g/mol. The Bertz CT molecular complexity index is 960. The molecule has 1 heterocycles. The standard InChI is InChI=1S/C20H15BrN2O2/c21-18-8-2-1-7-17(18)20(24)23-11-3-4-13-25-16-10-9-15-6-5-12-22-19(15)14-16/h1-2,5-10,12,14H,11,13H2,(H,23,24). The molecule has 0 spiro atoms. The smallest absolute Gasteiger partial charge is 0.253 e. The first-order chi connectivity index (χ1) is 12.2. The molecule has 5 heteroatoms. The molecular formula is C20H15BrN2O2. The monoisotopic (exact) mass is 394 g/mol. The van der Waals surface area contributed by atoms with E-state index in [1.165, 1.54) is 0 Å². The van der Waals surface area contributed by atoms with Crippen molar-refractivity contribution in [1.82, 2.24) is 10.3 Å². The number of nitrogens with one attached hydrogen (secondary N) is 1.